The SMILES string of the molecule is CCc1nc2sc3c(c2c2nnc(SCC(=O)NC(C)(C)C)n12)CC[C@H](C)C3. The molecule has 0 bridgehead atoms. The zero-order valence-corrected chi connectivity index (χ0v) is 18.8. The summed E-state index contributed by atoms with van der Waals surface area (Å²) < 4.78 is 2.06. The van der Waals surface area contributed by atoms with Crippen LogP contribution in [0.15, 0.2) is 5.16 Å². The van der Waals surface area contributed by atoms with Crippen LogP contribution >= 0.6 is 23.1 Å². The van der Waals surface area contributed by atoms with Crippen LogP contribution in [0, 0.1) is 5.92 Å². The molecular weight excluding hydrogens is 390 g/mol. The molecule has 0 radical (unpaired) electrons. The molecule has 150 valence electrons. The summed E-state index contributed by atoms with van der Waals surface area (Å²) in [5.41, 5.74) is 2.07. The molecule has 0 unspecified atom stereocenters. The second-order valence-electron chi connectivity index (χ2n) is 8.64. The van der Waals surface area contributed by atoms with E-state index in [1.807, 2.05) is 32.1 Å². The van der Waals surface area contributed by atoms with Crippen LogP contribution in [-0.2, 0) is 24.1 Å². The van der Waals surface area contributed by atoms with Crippen LogP contribution in [0.5, 0.6) is 0 Å². The fraction of sp³-hybridized carbons (Fsp3) is 0.600. The van der Waals surface area contributed by atoms with Crippen molar-refractivity contribution in [3.8, 4) is 0 Å². The topological polar surface area (TPSA) is 72.2 Å². The Bertz CT molecular complexity index is 1050. The molecule has 1 aliphatic rings. The maximum absolute atomic E-state index is 12.2. The second kappa shape index (κ2) is 7.30. The Morgan fingerprint density at radius 3 is 2.86 bits per heavy atom. The first kappa shape index (κ1) is 19.6. The van der Waals surface area contributed by atoms with Crippen LogP contribution in [0.1, 0.15) is 57.3 Å². The Morgan fingerprint density at radius 2 is 2.14 bits per heavy atom. The van der Waals surface area contributed by atoms with Gasteiger partial charge in [0.25, 0.3) is 0 Å². The van der Waals surface area contributed by atoms with Crippen molar-refractivity contribution < 1.29 is 4.79 Å². The minimum absolute atomic E-state index is 0.00300. The monoisotopic (exact) mass is 417 g/mol. The third kappa shape index (κ3) is 3.64. The van der Waals surface area contributed by atoms with Crippen molar-refractivity contribution in [1.82, 2.24) is 24.9 Å². The molecule has 3 aromatic rings. The van der Waals surface area contributed by atoms with Gasteiger partial charge in [0.05, 0.1) is 11.1 Å². The summed E-state index contributed by atoms with van der Waals surface area (Å²) in [6.45, 7) is 10.4. The summed E-state index contributed by atoms with van der Waals surface area (Å²) in [7, 11) is 0. The van der Waals surface area contributed by atoms with E-state index in [4.69, 9.17) is 4.98 Å². The summed E-state index contributed by atoms with van der Waals surface area (Å²) in [4.78, 5) is 19.7. The molecule has 1 N–H and O–H groups in total. The van der Waals surface area contributed by atoms with Crippen molar-refractivity contribution in [1.29, 1.82) is 0 Å². The highest BCUT2D eigenvalue weighted by molar-refractivity contribution is 7.99. The fourth-order valence-electron chi connectivity index (χ4n) is 3.79. The Kier molecular flexibility index (Phi) is 5.12. The molecule has 0 spiro atoms. The minimum Gasteiger partial charge on any atom is -0.351 e. The first-order chi connectivity index (χ1) is 13.3. The van der Waals surface area contributed by atoms with Gasteiger partial charge in [0.2, 0.25) is 5.91 Å². The van der Waals surface area contributed by atoms with E-state index in [1.54, 1.807) is 0 Å². The van der Waals surface area contributed by atoms with Gasteiger partial charge in [-0.05, 0) is 51.5 Å². The Hall–Kier alpha value is -1.67. The average molecular weight is 418 g/mol. The van der Waals surface area contributed by atoms with E-state index in [9.17, 15) is 4.79 Å². The van der Waals surface area contributed by atoms with Crippen molar-refractivity contribution in [2.75, 3.05) is 5.75 Å². The van der Waals surface area contributed by atoms with Crippen molar-refractivity contribution in [3.63, 3.8) is 0 Å². The average Bonchev–Trinajstić information content (AvgIpc) is 3.17. The highest BCUT2D eigenvalue weighted by Crippen LogP contribution is 2.39. The van der Waals surface area contributed by atoms with Crippen LogP contribution in [0.25, 0.3) is 15.9 Å². The van der Waals surface area contributed by atoms with E-state index in [0.29, 0.717) is 5.75 Å². The van der Waals surface area contributed by atoms with Crippen molar-refractivity contribution in [3.05, 3.63) is 16.3 Å². The Morgan fingerprint density at radius 1 is 1.36 bits per heavy atom. The van der Waals surface area contributed by atoms with E-state index in [0.717, 1.165) is 46.6 Å². The molecule has 4 rings (SSSR count). The number of aromatic nitrogens is 4. The maximum atomic E-state index is 12.2. The van der Waals surface area contributed by atoms with Crippen LogP contribution in [0.2, 0.25) is 0 Å². The first-order valence-electron chi connectivity index (χ1n) is 9.89. The van der Waals surface area contributed by atoms with Gasteiger partial charge in [0, 0.05) is 16.8 Å². The first-order valence-corrected chi connectivity index (χ1v) is 11.7. The zero-order chi connectivity index (χ0) is 20.1. The predicted octanol–water partition coefficient (Wildman–Crippen LogP) is 4.03. The van der Waals surface area contributed by atoms with Crippen molar-refractivity contribution in [2.24, 2.45) is 5.92 Å². The smallest absolute Gasteiger partial charge is 0.230 e. The molecule has 3 heterocycles. The number of carbonyl (C=O) groups excluding carboxylic acids is 1. The number of aryl methyl sites for hydroxylation is 2. The van der Waals surface area contributed by atoms with E-state index in [1.165, 1.54) is 34.0 Å². The maximum Gasteiger partial charge on any atom is 0.230 e. The van der Waals surface area contributed by atoms with Crippen LogP contribution < -0.4 is 5.32 Å². The lowest BCUT2D eigenvalue weighted by molar-refractivity contribution is -0.119. The number of thiophene rings is 1. The summed E-state index contributed by atoms with van der Waals surface area (Å²) in [5.74, 6) is 2.01. The minimum atomic E-state index is -0.236. The van der Waals surface area contributed by atoms with E-state index >= 15 is 0 Å². The summed E-state index contributed by atoms with van der Waals surface area (Å²) in [6.07, 6.45) is 4.23. The third-order valence-electron chi connectivity index (χ3n) is 5.00. The van der Waals surface area contributed by atoms with E-state index < -0.39 is 0 Å². The van der Waals surface area contributed by atoms with Crippen LogP contribution in [0.4, 0.5) is 0 Å². The molecule has 1 aliphatic carbocycles. The van der Waals surface area contributed by atoms with Gasteiger partial charge in [0.15, 0.2) is 10.8 Å². The predicted molar refractivity (Wildman–Crippen MR) is 115 cm³/mol. The molecule has 0 aromatic carbocycles. The summed E-state index contributed by atoms with van der Waals surface area (Å²) >= 11 is 3.24. The van der Waals surface area contributed by atoms with Gasteiger partial charge < -0.3 is 5.32 Å². The van der Waals surface area contributed by atoms with Crippen molar-refractivity contribution in [2.45, 2.75) is 71.0 Å². The molecule has 28 heavy (non-hydrogen) atoms. The molecule has 0 fully saturated rings. The lowest BCUT2D eigenvalue weighted by Crippen LogP contribution is -2.41. The normalized spacial score (nSPS) is 17.2. The van der Waals surface area contributed by atoms with Crippen molar-refractivity contribution >= 4 is 44.9 Å². The van der Waals surface area contributed by atoms with Gasteiger partial charge in [-0.2, -0.15) is 0 Å². The molecule has 1 amide bonds. The van der Waals surface area contributed by atoms with Gasteiger partial charge in [-0.15, -0.1) is 21.5 Å². The van der Waals surface area contributed by atoms with E-state index in [-0.39, 0.29) is 11.4 Å². The number of fused-ring (bicyclic) bond motifs is 5. The number of nitrogens with zero attached hydrogens (tertiary/aromatic N) is 4. The number of thioether (sulfide) groups is 1. The summed E-state index contributed by atoms with van der Waals surface area (Å²) in [5, 5.41) is 13.9. The molecular formula is C20H27N5OS2. The molecule has 8 heteroatoms. The number of amides is 1. The van der Waals surface area contributed by atoms with Gasteiger partial charge >= 0.3 is 0 Å². The molecule has 0 aliphatic heterocycles. The molecule has 0 saturated heterocycles. The van der Waals surface area contributed by atoms with Crippen LogP contribution in [-0.4, -0.2) is 36.8 Å². The van der Waals surface area contributed by atoms with Gasteiger partial charge in [-0.3, -0.25) is 9.20 Å². The largest absolute Gasteiger partial charge is 0.351 e. The Labute approximate surface area is 173 Å². The second-order valence-corrected chi connectivity index (χ2v) is 10.7. The number of nitrogens with one attached hydrogen (secondary N) is 1. The van der Waals surface area contributed by atoms with Gasteiger partial charge in [-0.1, -0.05) is 25.6 Å². The van der Waals surface area contributed by atoms with Crippen LogP contribution in [0.3, 0.4) is 0 Å². The van der Waals surface area contributed by atoms with Gasteiger partial charge in [0.1, 0.15) is 10.7 Å². The number of rotatable bonds is 4. The number of hydrogen-bond donors (Lipinski definition) is 1. The standard InChI is InChI=1S/C20H27N5OS2/c1-6-14-21-18-16(12-8-7-11(2)9-13(12)28-18)17-23-24-19(25(14)17)27-10-15(26)22-20(3,4)5/h11H,6-10H2,1-5H3,(H,22,26)/t11-/m0/s1. The lowest BCUT2D eigenvalue weighted by atomic mass is 9.89. The highest BCUT2D eigenvalue weighted by atomic mass is 32.2. The molecule has 3 aromatic heterocycles. The lowest BCUT2D eigenvalue weighted by Gasteiger charge is -2.20. The highest BCUT2D eigenvalue weighted by Gasteiger charge is 2.25. The fourth-order valence-corrected chi connectivity index (χ4v) is 5.94. The number of hydrogen-bond acceptors (Lipinski definition) is 6. The molecule has 6 nitrogen and oxygen atoms in total. The Balaban J connectivity index is 1.74. The molecule has 0 saturated carbocycles. The third-order valence-corrected chi connectivity index (χ3v) is 7.08. The number of carbonyl (C=O) groups is 1. The quantitative estimate of drug-likeness (QED) is 0.649. The van der Waals surface area contributed by atoms with E-state index in [2.05, 4.69) is 33.8 Å². The zero-order valence-electron chi connectivity index (χ0n) is 17.1. The summed E-state index contributed by atoms with van der Waals surface area (Å²) in [6, 6.07) is 0. The molecule has 1 atom stereocenters. The van der Waals surface area contributed by atoms with Gasteiger partial charge in [-0.25, -0.2) is 4.98 Å².